The van der Waals surface area contributed by atoms with Crippen LogP contribution < -0.4 is 5.32 Å². The van der Waals surface area contributed by atoms with Crippen molar-refractivity contribution in [2.75, 3.05) is 6.54 Å². The molecule has 0 aromatic carbocycles. The van der Waals surface area contributed by atoms with Gasteiger partial charge in [0.15, 0.2) is 0 Å². The Balaban J connectivity index is 2.07. The maximum atomic E-state index is 12.4. The quantitative estimate of drug-likeness (QED) is 0.879. The third-order valence-corrected chi connectivity index (χ3v) is 4.31. The van der Waals surface area contributed by atoms with E-state index in [9.17, 15) is 9.59 Å². The molecule has 1 aromatic heterocycles. The monoisotopic (exact) mass is 321 g/mol. The Labute approximate surface area is 137 Å². The van der Waals surface area contributed by atoms with Gasteiger partial charge in [-0.1, -0.05) is 0 Å². The summed E-state index contributed by atoms with van der Waals surface area (Å²) in [5.74, 6) is -0.118. The molecule has 1 aromatic rings. The molecule has 0 bridgehead atoms. The number of carbonyl (C=O) groups is 2. The number of ether oxygens (including phenoxy) is 1. The van der Waals surface area contributed by atoms with Gasteiger partial charge >= 0.3 is 6.09 Å². The van der Waals surface area contributed by atoms with Gasteiger partial charge < -0.3 is 19.9 Å². The first kappa shape index (κ1) is 17.4. The van der Waals surface area contributed by atoms with Crippen LogP contribution in [0.3, 0.4) is 0 Å². The van der Waals surface area contributed by atoms with Crippen LogP contribution in [0.25, 0.3) is 0 Å². The van der Waals surface area contributed by atoms with Crippen molar-refractivity contribution in [3.05, 3.63) is 23.5 Å². The van der Waals surface area contributed by atoms with Crippen LogP contribution in [0.1, 0.15) is 57.0 Å². The van der Waals surface area contributed by atoms with Gasteiger partial charge in [-0.2, -0.15) is 0 Å². The van der Waals surface area contributed by atoms with Crippen LogP contribution in [0.5, 0.6) is 0 Å². The average molecular weight is 321 g/mol. The Hall–Kier alpha value is -1.98. The lowest BCUT2D eigenvalue weighted by Gasteiger charge is -2.37. The number of nitrogens with zero attached hydrogens (tertiary/aromatic N) is 1. The van der Waals surface area contributed by atoms with Crippen LogP contribution in [0.15, 0.2) is 12.4 Å². The molecule has 6 nitrogen and oxygen atoms in total. The van der Waals surface area contributed by atoms with E-state index in [0.717, 1.165) is 5.56 Å². The highest BCUT2D eigenvalue weighted by Gasteiger charge is 2.46. The Morgan fingerprint density at radius 2 is 2.00 bits per heavy atom. The van der Waals surface area contributed by atoms with Gasteiger partial charge in [-0.3, -0.25) is 4.79 Å². The van der Waals surface area contributed by atoms with E-state index in [4.69, 9.17) is 4.74 Å². The van der Waals surface area contributed by atoms with E-state index in [1.54, 1.807) is 17.3 Å². The Morgan fingerprint density at radius 3 is 2.52 bits per heavy atom. The van der Waals surface area contributed by atoms with E-state index >= 15 is 0 Å². The van der Waals surface area contributed by atoms with Crippen molar-refractivity contribution in [2.45, 2.75) is 65.1 Å². The number of rotatable bonds is 2. The summed E-state index contributed by atoms with van der Waals surface area (Å²) in [6.07, 6.45) is 3.86. The van der Waals surface area contributed by atoms with Gasteiger partial charge in [0.1, 0.15) is 5.60 Å². The predicted molar refractivity (Wildman–Crippen MR) is 88.4 cm³/mol. The molecule has 128 valence electrons. The molecule has 6 heteroatoms. The Morgan fingerprint density at radius 1 is 1.35 bits per heavy atom. The fraction of sp³-hybridized carbons (Fsp3) is 0.647. The van der Waals surface area contributed by atoms with E-state index < -0.39 is 11.1 Å². The zero-order valence-electron chi connectivity index (χ0n) is 14.8. The van der Waals surface area contributed by atoms with E-state index in [0.29, 0.717) is 18.5 Å². The van der Waals surface area contributed by atoms with Crippen LogP contribution in [0.2, 0.25) is 0 Å². The maximum absolute atomic E-state index is 12.4. The fourth-order valence-electron chi connectivity index (χ4n) is 2.90. The number of carbonyl (C=O) groups excluding carboxylic acids is 2. The minimum atomic E-state index is -0.531. The van der Waals surface area contributed by atoms with Gasteiger partial charge in [0.25, 0.3) is 5.91 Å². The molecule has 0 radical (unpaired) electrons. The molecule has 1 atom stereocenters. The molecule has 2 N–H and O–H groups in total. The van der Waals surface area contributed by atoms with E-state index in [-0.39, 0.29) is 18.0 Å². The third kappa shape index (κ3) is 3.68. The Kier molecular flexibility index (Phi) is 4.46. The van der Waals surface area contributed by atoms with Crippen molar-refractivity contribution in [2.24, 2.45) is 0 Å². The normalized spacial score (nSPS) is 20.4. The molecule has 1 aliphatic heterocycles. The second-order valence-corrected chi connectivity index (χ2v) is 7.65. The number of hydrogen-bond acceptors (Lipinski definition) is 3. The molecular weight excluding hydrogens is 294 g/mol. The first-order valence-corrected chi connectivity index (χ1v) is 7.97. The molecule has 1 aliphatic rings. The summed E-state index contributed by atoms with van der Waals surface area (Å²) < 4.78 is 5.47. The molecule has 2 heterocycles. The lowest BCUT2D eigenvalue weighted by molar-refractivity contribution is 0.0108. The molecule has 0 spiro atoms. The van der Waals surface area contributed by atoms with Gasteiger partial charge in [0.2, 0.25) is 0 Å². The summed E-state index contributed by atoms with van der Waals surface area (Å²) >= 11 is 0. The van der Waals surface area contributed by atoms with Gasteiger partial charge in [0.05, 0.1) is 17.1 Å². The fourth-order valence-corrected chi connectivity index (χ4v) is 2.90. The van der Waals surface area contributed by atoms with Gasteiger partial charge in [-0.25, -0.2) is 4.79 Å². The maximum Gasteiger partial charge on any atom is 0.410 e. The smallest absolute Gasteiger partial charge is 0.410 e. The molecule has 0 unspecified atom stereocenters. The number of likely N-dealkylation sites (tertiary alicyclic amines) is 1. The molecule has 0 aliphatic carbocycles. The van der Waals surface area contributed by atoms with Crippen molar-refractivity contribution < 1.29 is 14.3 Å². The van der Waals surface area contributed by atoms with Crippen LogP contribution >= 0.6 is 0 Å². The molecule has 2 amide bonds. The highest BCUT2D eigenvalue weighted by Crippen LogP contribution is 2.31. The zero-order valence-corrected chi connectivity index (χ0v) is 14.8. The lowest BCUT2D eigenvalue weighted by atomic mass is 9.95. The third-order valence-electron chi connectivity index (χ3n) is 4.31. The number of hydrogen-bond donors (Lipinski definition) is 2. The number of amides is 2. The van der Waals surface area contributed by atoms with E-state index in [1.807, 2.05) is 41.5 Å². The van der Waals surface area contributed by atoms with Crippen molar-refractivity contribution in [1.82, 2.24) is 15.2 Å². The number of aryl methyl sites for hydroxylation is 1. The largest absolute Gasteiger partial charge is 0.444 e. The molecule has 0 saturated carbocycles. The number of aromatic nitrogens is 1. The van der Waals surface area contributed by atoms with Crippen molar-refractivity contribution in [1.29, 1.82) is 0 Å². The van der Waals surface area contributed by atoms with E-state index in [2.05, 4.69) is 10.3 Å². The molecule has 23 heavy (non-hydrogen) atoms. The van der Waals surface area contributed by atoms with E-state index in [1.165, 1.54) is 0 Å². The van der Waals surface area contributed by atoms with Crippen molar-refractivity contribution in [3.8, 4) is 0 Å². The second-order valence-electron chi connectivity index (χ2n) is 7.65. The number of aromatic amines is 1. The minimum absolute atomic E-state index is 0.114. The summed E-state index contributed by atoms with van der Waals surface area (Å²) in [7, 11) is 0. The standard InChI is InChI=1S/C17H27N3O3/c1-11-9-18-10-12(11)14(21)19-13-7-8-20(17(13,5)6)15(22)23-16(2,3)4/h9-10,13,18H,7-8H2,1-6H3,(H,19,21)/t13-/m0/s1. The number of nitrogens with one attached hydrogen (secondary N) is 2. The summed E-state index contributed by atoms with van der Waals surface area (Å²) in [5, 5.41) is 3.05. The Bertz CT molecular complexity index is 598. The highest BCUT2D eigenvalue weighted by atomic mass is 16.6. The van der Waals surface area contributed by atoms with Gasteiger partial charge in [0, 0.05) is 18.9 Å². The van der Waals surface area contributed by atoms with Crippen molar-refractivity contribution in [3.63, 3.8) is 0 Å². The molecule has 1 fully saturated rings. The topological polar surface area (TPSA) is 74.4 Å². The first-order chi connectivity index (χ1) is 10.5. The lowest BCUT2D eigenvalue weighted by Crippen LogP contribution is -2.54. The van der Waals surface area contributed by atoms with Gasteiger partial charge in [-0.05, 0) is 53.5 Å². The first-order valence-electron chi connectivity index (χ1n) is 7.97. The summed E-state index contributed by atoms with van der Waals surface area (Å²) in [6.45, 7) is 11.9. The summed E-state index contributed by atoms with van der Waals surface area (Å²) in [5.41, 5.74) is 0.512. The summed E-state index contributed by atoms with van der Waals surface area (Å²) in [4.78, 5) is 29.4. The highest BCUT2D eigenvalue weighted by molar-refractivity contribution is 5.95. The van der Waals surface area contributed by atoms with Crippen LogP contribution in [0, 0.1) is 6.92 Å². The molecular formula is C17H27N3O3. The minimum Gasteiger partial charge on any atom is -0.444 e. The molecule has 2 rings (SSSR count). The van der Waals surface area contributed by atoms with Gasteiger partial charge in [-0.15, -0.1) is 0 Å². The van der Waals surface area contributed by atoms with Crippen LogP contribution in [0.4, 0.5) is 4.79 Å². The van der Waals surface area contributed by atoms with Crippen LogP contribution in [-0.2, 0) is 4.74 Å². The summed E-state index contributed by atoms with van der Waals surface area (Å²) in [6, 6.07) is -0.114. The van der Waals surface area contributed by atoms with Crippen LogP contribution in [-0.4, -0.2) is 45.6 Å². The number of H-pyrrole nitrogens is 1. The second kappa shape index (κ2) is 5.91. The predicted octanol–water partition coefficient (Wildman–Crippen LogP) is 2.84. The SMILES string of the molecule is Cc1c[nH]cc1C(=O)N[C@H]1CCN(C(=O)OC(C)(C)C)C1(C)C. The molecule has 1 saturated heterocycles. The van der Waals surface area contributed by atoms with Crippen molar-refractivity contribution >= 4 is 12.0 Å². The average Bonchev–Trinajstić information content (AvgIpc) is 2.92. The zero-order chi connectivity index (χ0) is 17.4.